The molecule has 0 rings (SSSR count). The first kappa shape index (κ1) is 18.3. The Labute approximate surface area is 104 Å². The fourth-order valence-corrected chi connectivity index (χ4v) is 1.35. The lowest BCUT2D eigenvalue weighted by Gasteiger charge is -2.05. The molecule has 16 heavy (non-hydrogen) atoms. The zero-order valence-corrected chi connectivity index (χ0v) is 12.5. The van der Waals surface area contributed by atoms with Crippen molar-refractivity contribution in [1.82, 2.24) is 0 Å². The summed E-state index contributed by atoms with van der Waals surface area (Å²) in [7, 11) is 1.74. The summed E-state index contributed by atoms with van der Waals surface area (Å²) in [6.07, 6.45) is 8.22. The van der Waals surface area contributed by atoms with Gasteiger partial charge in [0.05, 0.1) is 0 Å². The van der Waals surface area contributed by atoms with Gasteiger partial charge in [-0.25, -0.2) is 0 Å². The Hall–Kier alpha value is -0.0400. The largest absolute Gasteiger partial charge is 0.384 e. The smallest absolute Gasteiger partial charge is 0.0487 e. The highest BCUT2D eigenvalue weighted by molar-refractivity contribution is 4.49. The third-order valence-corrected chi connectivity index (χ3v) is 3.15. The van der Waals surface area contributed by atoms with Crippen LogP contribution in [0.15, 0.2) is 0 Å². The van der Waals surface area contributed by atoms with E-state index in [1.165, 1.54) is 38.5 Å². The molecule has 0 aliphatic carbocycles. The maximum atomic E-state index is 4.89. The average Bonchev–Trinajstić information content (AvgIpc) is 2.30. The van der Waals surface area contributed by atoms with Crippen molar-refractivity contribution in [1.29, 1.82) is 0 Å². The molecule has 0 aromatic carbocycles. The van der Waals surface area contributed by atoms with Crippen LogP contribution in [-0.2, 0) is 4.74 Å². The lowest BCUT2D eigenvalue weighted by atomic mass is 10.0. The third-order valence-electron chi connectivity index (χ3n) is 3.15. The lowest BCUT2D eigenvalue weighted by molar-refractivity contribution is 0.158. The Kier molecular flexibility index (Phi) is 17.1. The zero-order chi connectivity index (χ0) is 12.8. The minimum absolute atomic E-state index is 0.727. The van der Waals surface area contributed by atoms with Crippen LogP contribution in [0.4, 0.5) is 0 Å². The Morgan fingerprint density at radius 3 is 1.75 bits per heavy atom. The second kappa shape index (κ2) is 15.0. The summed E-state index contributed by atoms with van der Waals surface area (Å²) in [6, 6.07) is 0. The van der Waals surface area contributed by atoms with Crippen LogP contribution in [0.3, 0.4) is 0 Å². The molecule has 0 aromatic rings. The van der Waals surface area contributed by atoms with Crippen molar-refractivity contribution in [3.05, 3.63) is 0 Å². The lowest BCUT2D eigenvalue weighted by Crippen LogP contribution is -2.00. The van der Waals surface area contributed by atoms with Gasteiger partial charge >= 0.3 is 0 Å². The van der Waals surface area contributed by atoms with Gasteiger partial charge in [0.25, 0.3) is 0 Å². The second-order valence-electron chi connectivity index (χ2n) is 4.98. The van der Waals surface area contributed by atoms with E-state index in [9.17, 15) is 0 Å². The number of hydrogen-bond acceptors (Lipinski definition) is 1. The number of ether oxygens (including phenoxy) is 1. The molecule has 2 unspecified atom stereocenters. The van der Waals surface area contributed by atoms with E-state index in [2.05, 4.69) is 34.6 Å². The molecule has 2 atom stereocenters. The molecule has 0 bridgehead atoms. The van der Waals surface area contributed by atoms with Gasteiger partial charge < -0.3 is 4.74 Å². The zero-order valence-electron chi connectivity index (χ0n) is 12.5. The molecule has 0 amide bonds. The fourth-order valence-electron chi connectivity index (χ4n) is 1.35. The molecule has 100 valence electrons. The normalized spacial score (nSPS) is 13.9. The van der Waals surface area contributed by atoms with Crippen molar-refractivity contribution >= 4 is 0 Å². The quantitative estimate of drug-likeness (QED) is 0.515. The summed E-state index contributed by atoms with van der Waals surface area (Å²) in [6.45, 7) is 12.1. The van der Waals surface area contributed by atoms with E-state index >= 15 is 0 Å². The number of unbranched alkanes of at least 4 members (excludes halogenated alkanes) is 2. The summed E-state index contributed by atoms with van der Waals surface area (Å²) in [5, 5.41) is 0. The predicted molar refractivity (Wildman–Crippen MR) is 74.9 cm³/mol. The van der Waals surface area contributed by atoms with E-state index in [0.717, 1.165) is 18.4 Å². The molecule has 0 spiro atoms. The number of methoxy groups -OCH3 is 1. The van der Waals surface area contributed by atoms with Crippen LogP contribution >= 0.6 is 0 Å². The van der Waals surface area contributed by atoms with Crippen LogP contribution in [-0.4, -0.2) is 13.7 Å². The first-order valence-electron chi connectivity index (χ1n) is 7.11. The van der Waals surface area contributed by atoms with Crippen molar-refractivity contribution in [3.63, 3.8) is 0 Å². The van der Waals surface area contributed by atoms with Crippen LogP contribution < -0.4 is 0 Å². The van der Waals surface area contributed by atoms with Crippen LogP contribution in [0.2, 0.25) is 0 Å². The summed E-state index contributed by atoms with van der Waals surface area (Å²) >= 11 is 0. The molecule has 0 aromatic heterocycles. The first-order chi connectivity index (χ1) is 7.62. The second-order valence-corrected chi connectivity index (χ2v) is 4.98. The van der Waals surface area contributed by atoms with Crippen molar-refractivity contribution in [2.75, 3.05) is 13.7 Å². The molecule has 0 aliphatic rings. The Morgan fingerprint density at radius 2 is 1.44 bits per heavy atom. The molecule has 0 heterocycles. The summed E-state index contributed by atoms with van der Waals surface area (Å²) < 4.78 is 4.89. The molecule has 1 nitrogen and oxygen atoms in total. The highest BCUT2D eigenvalue weighted by Crippen LogP contribution is 2.11. The molecule has 0 radical (unpaired) electrons. The molecule has 0 saturated heterocycles. The fraction of sp³-hybridized carbons (Fsp3) is 1.00. The topological polar surface area (TPSA) is 9.23 Å². The number of rotatable bonds is 8. The van der Waals surface area contributed by atoms with Gasteiger partial charge in [-0.3, -0.25) is 0 Å². The van der Waals surface area contributed by atoms with E-state index in [-0.39, 0.29) is 0 Å². The maximum absolute atomic E-state index is 4.89. The average molecular weight is 230 g/mol. The van der Waals surface area contributed by atoms with Gasteiger partial charge in [0.1, 0.15) is 0 Å². The van der Waals surface area contributed by atoms with Crippen LogP contribution in [0.5, 0.6) is 0 Å². The molecule has 0 N–H and O–H groups in total. The van der Waals surface area contributed by atoms with Crippen LogP contribution in [0, 0.1) is 11.8 Å². The molecule has 0 saturated carbocycles. The standard InChI is InChI=1S/C9H20.C6H14O/c1-4-6-7-8-9(3)5-2;1-4-6(2)5-7-3/h9H,4-8H2,1-3H3;6H,4-5H2,1-3H3. The monoisotopic (exact) mass is 230 g/mol. The highest BCUT2D eigenvalue weighted by Gasteiger charge is 1.95. The van der Waals surface area contributed by atoms with Crippen LogP contribution in [0.25, 0.3) is 0 Å². The van der Waals surface area contributed by atoms with E-state index < -0.39 is 0 Å². The van der Waals surface area contributed by atoms with E-state index in [1.807, 2.05) is 0 Å². The van der Waals surface area contributed by atoms with E-state index in [1.54, 1.807) is 7.11 Å². The van der Waals surface area contributed by atoms with Crippen molar-refractivity contribution in [3.8, 4) is 0 Å². The van der Waals surface area contributed by atoms with Crippen LogP contribution in [0.1, 0.15) is 73.1 Å². The summed E-state index contributed by atoms with van der Waals surface area (Å²) in [5.74, 6) is 1.68. The van der Waals surface area contributed by atoms with E-state index in [4.69, 9.17) is 4.74 Å². The van der Waals surface area contributed by atoms with Gasteiger partial charge in [0, 0.05) is 13.7 Å². The van der Waals surface area contributed by atoms with Gasteiger partial charge in [-0.2, -0.15) is 0 Å². The van der Waals surface area contributed by atoms with Gasteiger partial charge in [-0.1, -0.05) is 73.1 Å². The van der Waals surface area contributed by atoms with Crippen molar-refractivity contribution in [2.24, 2.45) is 11.8 Å². The minimum atomic E-state index is 0.727. The summed E-state index contributed by atoms with van der Waals surface area (Å²) in [4.78, 5) is 0. The van der Waals surface area contributed by atoms with Gasteiger partial charge in [-0.05, 0) is 11.8 Å². The molecular weight excluding hydrogens is 196 g/mol. The highest BCUT2D eigenvalue weighted by atomic mass is 16.5. The summed E-state index contributed by atoms with van der Waals surface area (Å²) in [5.41, 5.74) is 0. The first-order valence-corrected chi connectivity index (χ1v) is 7.11. The SMILES string of the molecule is CCC(C)COC.CCCCCC(C)CC. The van der Waals surface area contributed by atoms with Crippen molar-refractivity contribution in [2.45, 2.75) is 73.1 Å². The third kappa shape index (κ3) is 16.4. The number of hydrogen-bond donors (Lipinski definition) is 0. The van der Waals surface area contributed by atoms with Gasteiger partial charge in [0.15, 0.2) is 0 Å². The van der Waals surface area contributed by atoms with Gasteiger partial charge in [0.2, 0.25) is 0 Å². The molecule has 1 heteroatoms. The molecule has 0 fully saturated rings. The molecular formula is C15H34O. The Bertz CT molecular complexity index is 112. The minimum Gasteiger partial charge on any atom is -0.384 e. The Balaban J connectivity index is 0. The van der Waals surface area contributed by atoms with Gasteiger partial charge in [-0.15, -0.1) is 0 Å². The Morgan fingerprint density at radius 1 is 0.875 bits per heavy atom. The maximum Gasteiger partial charge on any atom is 0.0487 e. The predicted octanol–water partition coefficient (Wildman–Crippen LogP) is 5.29. The molecule has 0 aliphatic heterocycles. The van der Waals surface area contributed by atoms with Crippen molar-refractivity contribution < 1.29 is 4.74 Å². The van der Waals surface area contributed by atoms with E-state index in [0.29, 0.717) is 0 Å².